The van der Waals surface area contributed by atoms with Gasteiger partial charge < -0.3 is 34.2 Å². The van der Waals surface area contributed by atoms with Gasteiger partial charge in [-0.1, -0.05) is 38.1 Å². The van der Waals surface area contributed by atoms with Crippen molar-refractivity contribution in [2.45, 2.75) is 94.3 Å². The summed E-state index contributed by atoms with van der Waals surface area (Å²) in [5.41, 5.74) is 4.63. The number of aromatic nitrogens is 2. The fourth-order valence-corrected chi connectivity index (χ4v) is 13.1. The Kier molecular flexibility index (Phi) is 13.5. The predicted octanol–water partition coefficient (Wildman–Crippen LogP) is 10.3. The second-order valence-corrected chi connectivity index (χ2v) is 23.7. The molecule has 3 aromatic heterocycles. The molecular formula is C57H63FN8O9S. The summed E-state index contributed by atoms with van der Waals surface area (Å²) in [6, 6.07) is 25.4. The minimum Gasteiger partial charge on any atom is -0.496 e. The molecule has 5 heterocycles. The standard InChI is InChI=1S/C57H63FN8O9S/c1-35(2)42-7-5-6-8-43(42)50-32-63(31-37-21-51(73-4)44-15-20-74-52(44)22-37)18-19-65(50)39-26-57(27-39)33-64(34-57)38-9-11-45(53(23-38)75-40-24-46-47(58)30-61-54(46)60-29-40)55(67)62-76(71,72)41-10-12-48(49(25-41)66(69)70)59-28-36-13-16-56(3,68)17-14-36/h5-12,15,20-25,29-30,35-36,39,50,59,68H,13-14,16-19,26-28,31-34H2,1-4H3,(H,60,61)(H,62,67)/t36?,50-,56?/m0/s1. The SMILES string of the molecule is COc1cc(CN2CCN(C3CC4(C3)CN(c3ccc(C(=O)NS(=O)(=O)c5ccc(NCC6CCC(C)(O)CC6)c([N+](=O)[O-])c5)c(Oc5cnc6[nH]cc(F)c6c5)c3)C4)[C@H](c3ccccc3C(C)C)C2)cc2occc12. The van der Waals surface area contributed by atoms with E-state index in [1.54, 1.807) is 32.4 Å². The summed E-state index contributed by atoms with van der Waals surface area (Å²) in [7, 11) is -2.96. The Morgan fingerprint density at radius 1 is 1.01 bits per heavy atom. The number of aliphatic hydroxyl groups is 1. The monoisotopic (exact) mass is 1050 g/mol. The highest BCUT2D eigenvalue weighted by Gasteiger charge is 2.55. The molecule has 0 radical (unpaired) electrons. The van der Waals surface area contributed by atoms with Crippen LogP contribution in [0.4, 0.5) is 21.5 Å². The van der Waals surface area contributed by atoms with Crippen molar-refractivity contribution in [1.82, 2.24) is 24.5 Å². The number of nitro benzene ring substituents is 1. The molecule has 2 saturated carbocycles. The number of hydrogen-bond donors (Lipinski definition) is 4. The zero-order valence-electron chi connectivity index (χ0n) is 43.1. The Bertz CT molecular complexity index is 3450. The van der Waals surface area contributed by atoms with Gasteiger partial charge in [0.2, 0.25) is 0 Å². The first kappa shape index (κ1) is 51.1. The molecule has 4 aliphatic rings. The van der Waals surface area contributed by atoms with Gasteiger partial charge in [0.15, 0.2) is 0 Å². The number of nitro groups is 1. The maximum absolute atomic E-state index is 14.7. The van der Waals surface area contributed by atoms with E-state index in [9.17, 15) is 32.8 Å². The number of pyridine rings is 1. The van der Waals surface area contributed by atoms with E-state index in [2.05, 4.69) is 85.0 Å². The fourth-order valence-electron chi connectivity index (χ4n) is 12.1. The Morgan fingerprint density at radius 2 is 1.80 bits per heavy atom. The molecule has 1 atom stereocenters. The van der Waals surface area contributed by atoms with E-state index in [0.29, 0.717) is 37.0 Å². The van der Waals surface area contributed by atoms with Crippen LogP contribution in [-0.4, -0.2) is 102 Å². The number of anilines is 2. The molecule has 4 fully saturated rings. The van der Waals surface area contributed by atoms with Gasteiger partial charge in [0.25, 0.3) is 21.6 Å². The molecule has 0 unspecified atom stereocenters. The van der Waals surface area contributed by atoms with Crippen molar-refractivity contribution in [1.29, 1.82) is 0 Å². The Balaban J connectivity index is 0.798. The van der Waals surface area contributed by atoms with Crippen molar-refractivity contribution in [3.63, 3.8) is 0 Å². The van der Waals surface area contributed by atoms with Crippen LogP contribution >= 0.6 is 0 Å². The first-order valence-corrected chi connectivity index (χ1v) is 27.5. The Hall–Kier alpha value is -7.06. The molecular weight excluding hydrogens is 992 g/mol. The molecule has 0 bridgehead atoms. The molecule has 1 spiro atoms. The third-order valence-corrected chi connectivity index (χ3v) is 17.6. The van der Waals surface area contributed by atoms with Crippen LogP contribution in [0.1, 0.15) is 98.3 Å². The van der Waals surface area contributed by atoms with E-state index < -0.39 is 42.9 Å². The Morgan fingerprint density at radius 3 is 2.57 bits per heavy atom. The van der Waals surface area contributed by atoms with Gasteiger partial charge in [-0.15, -0.1) is 0 Å². The normalized spacial score (nSPS) is 21.2. The second kappa shape index (κ2) is 20.1. The number of sulfonamides is 1. The van der Waals surface area contributed by atoms with E-state index in [0.717, 1.165) is 99.0 Å². The summed E-state index contributed by atoms with van der Waals surface area (Å²) in [5, 5.41) is 26.8. The molecule has 7 aromatic rings. The van der Waals surface area contributed by atoms with Crippen molar-refractivity contribution in [3.05, 3.63) is 142 Å². The number of amides is 1. The van der Waals surface area contributed by atoms with Crippen LogP contribution in [0.2, 0.25) is 0 Å². The minimum atomic E-state index is -4.65. The summed E-state index contributed by atoms with van der Waals surface area (Å²) in [6.45, 7) is 11.7. The van der Waals surface area contributed by atoms with Crippen LogP contribution in [0.15, 0.2) is 113 Å². The number of fused-ring (bicyclic) bond motifs is 2. The number of halogens is 1. The summed E-state index contributed by atoms with van der Waals surface area (Å²) in [5.74, 6) is -0.107. The number of H-pyrrole nitrogens is 1. The first-order chi connectivity index (χ1) is 36.4. The van der Waals surface area contributed by atoms with Crippen molar-refractivity contribution < 1.29 is 41.5 Å². The van der Waals surface area contributed by atoms with E-state index in [1.807, 2.05) is 6.07 Å². The number of nitrogens with zero attached hydrogens (tertiary/aromatic N) is 5. The number of rotatable bonds is 16. The number of methoxy groups -OCH3 is 1. The lowest BCUT2D eigenvalue weighted by Gasteiger charge is -2.63. The van der Waals surface area contributed by atoms with Gasteiger partial charge in [0.05, 0.1) is 51.3 Å². The summed E-state index contributed by atoms with van der Waals surface area (Å²) >= 11 is 0. The zero-order chi connectivity index (χ0) is 53.1. The van der Waals surface area contributed by atoms with Gasteiger partial charge in [0.1, 0.15) is 40.0 Å². The van der Waals surface area contributed by atoms with Gasteiger partial charge in [0, 0.05) is 87.3 Å². The quantitative estimate of drug-likeness (QED) is 0.0525. The molecule has 4 aromatic carbocycles. The van der Waals surface area contributed by atoms with Crippen molar-refractivity contribution in [2.75, 3.05) is 56.6 Å². The van der Waals surface area contributed by atoms with Gasteiger partial charge in [-0.2, -0.15) is 0 Å². The van der Waals surface area contributed by atoms with Crippen LogP contribution in [0.3, 0.4) is 0 Å². The number of piperazine rings is 1. The molecule has 76 heavy (non-hydrogen) atoms. The van der Waals surface area contributed by atoms with Crippen molar-refractivity contribution in [3.8, 4) is 17.2 Å². The lowest BCUT2D eigenvalue weighted by atomic mass is 9.59. The average molecular weight is 1060 g/mol. The van der Waals surface area contributed by atoms with E-state index >= 15 is 0 Å². The predicted molar refractivity (Wildman–Crippen MR) is 287 cm³/mol. The number of benzene rings is 4. The molecule has 398 valence electrons. The van der Waals surface area contributed by atoms with E-state index in [1.165, 1.54) is 47.8 Å². The Labute approximate surface area is 440 Å². The largest absolute Gasteiger partial charge is 0.496 e. The van der Waals surface area contributed by atoms with Crippen LogP contribution in [0.5, 0.6) is 17.2 Å². The van der Waals surface area contributed by atoms with Gasteiger partial charge in [-0.3, -0.25) is 24.7 Å². The van der Waals surface area contributed by atoms with Gasteiger partial charge >= 0.3 is 0 Å². The van der Waals surface area contributed by atoms with Crippen molar-refractivity contribution >= 4 is 55.0 Å². The molecule has 2 aliphatic carbocycles. The zero-order valence-corrected chi connectivity index (χ0v) is 43.9. The van der Waals surface area contributed by atoms with Crippen LogP contribution in [0, 0.1) is 27.3 Å². The topological polar surface area (TPSA) is 209 Å². The lowest BCUT2D eigenvalue weighted by molar-refractivity contribution is -0.384. The van der Waals surface area contributed by atoms with Crippen LogP contribution < -0.4 is 24.4 Å². The number of carbonyl (C=O) groups is 1. The lowest BCUT2D eigenvalue weighted by Crippen LogP contribution is -2.68. The molecule has 4 N–H and O–H groups in total. The second-order valence-electron chi connectivity index (χ2n) is 22.0. The number of aromatic amines is 1. The summed E-state index contributed by atoms with van der Waals surface area (Å²) < 4.78 is 62.4. The minimum absolute atomic E-state index is 0.0107. The van der Waals surface area contributed by atoms with E-state index in [-0.39, 0.29) is 45.5 Å². The fraction of sp³-hybridized carbons (Fsp3) is 0.404. The number of hydrogen-bond acceptors (Lipinski definition) is 14. The molecule has 17 nitrogen and oxygen atoms in total. The number of nitrogens with one attached hydrogen (secondary N) is 3. The van der Waals surface area contributed by atoms with Crippen LogP contribution in [0.25, 0.3) is 22.0 Å². The smallest absolute Gasteiger partial charge is 0.293 e. The molecule has 19 heteroatoms. The summed E-state index contributed by atoms with van der Waals surface area (Å²) in [6.07, 6.45) is 9.01. The third-order valence-electron chi connectivity index (χ3n) is 16.3. The third kappa shape index (κ3) is 10.2. The van der Waals surface area contributed by atoms with Gasteiger partial charge in [-0.05, 0) is 123 Å². The highest BCUT2D eigenvalue weighted by atomic mass is 32.2. The molecule has 11 rings (SSSR count). The van der Waals surface area contributed by atoms with Crippen LogP contribution in [-0.2, 0) is 16.6 Å². The molecule has 2 aliphatic heterocycles. The maximum atomic E-state index is 14.7. The first-order valence-electron chi connectivity index (χ1n) is 26.1. The van der Waals surface area contributed by atoms with Crippen molar-refractivity contribution in [2.24, 2.45) is 11.3 Å². The number of furan rings is 1. The number of carbonyl (C=O) groups excluding carboxylic acids is 1. The highest BCUT2D eigenvalue weighted by Crippen LogP contribution is 2.54. The van der Waals surface area contributed by atoms with Gasteiger partial charge in [-0.25, -0.2) is 22.5 Å². The molecule has 1 amide bonds. The van der Waals surface area contributed by atoms with E-state index in [4.69, 9.17) is 13.9 Å². The summed E-state index contributed by atoms with van der Waals surface area (Å²) in [4.78, 5) is 39.7. The number of ether oxygens (including phenoxy) is 2. The highest BCUT2D eigenvalue weighted by molar-refractivity contribution is 7.90. The average Bonchev–Trinajstić information content (AvgIpc) is 4.05. The molecule has 2 saturated heterocycles. The maximum Gasteiger partial charge on any atom is 0.293 e.